The number of hydrogen-bond donors (Lipinski definition) is 1. The van der Waals surface area contributed by atoms with Crippen LogP contribution in [0, 0.1) is 0 Å². The lowest BCUT2D eigenvalue weighted by Crippen LogP contribution is -2.20. The lowest BCUT2D eigenvalue weighted by Gasteiger charge is -2.16. The van der Waals surface area contributed by atoms with E-state index in [-0.39, 0.29) is 16.8 Å². The number of fused-ring (bicyclic) bond motifs is 1. The van der Waals surface area contributed by atoms with Gasteiger partial charge in [0.05, 0.1) is 0 Å². The van der Waals surface area contributed by atoms with E-state index < -0.39 is 0 Å². The van der Waals surface area contributed by atoms with E-state index in [1.807, 2.05) is 0 Å². The smallest absolute Gasteiger partial charge is 0.190 e. The Balaban J connectivity index is 2.59. The van der Waals surface area contributed by atoms with Crippen LogP contribution in [0.1, 0.15) is 27.6 Å². The molecule has 1 atom stereocenters. The molecule has 15 heavy (non-hydrogen) atoms. The van der Waals surface area contributed by atoms with Gasteiger partial charge in [-0.2, -0.15) is 12.6 Å². The minimum Gasteiger partial charge on any atom is -0.289 e. The average Bonchev–Trinajstić information content (AvgIpc) is 2.23. The van der Waals surface area contributed by atoms with E-state index in [9.17, 15) is 9.59 Å². The highest BCUT2D eigenvalue weighted by atomic mass is 32.1. The number of hydrogen-bond acceptors (Lipinski definition) is 3. The minimum atomic E-state index is -0.213. The van der Waals surface area contributed by atoms with Crippen LogP contribution in [0.5, 0.6) is 0 Å². The molecule has 0 spiro atoms. The van der Waals surface area contributed by atoms with Crippen LogP contribution in [0.3, 0.4) is 0 Å². The highest BCUT2D eigenvalue weighted by molar-refractivity contribution is 7.81. The van der Waals surface area contributed by atoms with Crippen LogP contribution in [0.4, 0.5) is 0 Å². The fraction of sp³-hybridized carbons (Fsp3) is 0.167. The van der Waals surface area contributed by atoms with Crippen LogP contribution < -0.4 is 0 Å². The zero-order valence-electron chi connectivity index (χ0n) is 8.23. The number of benzene rings is 1. The number of ketones is 2. The van der Waals surface area contributed by atoms with Crippen molar-refractivity contribution in [2.45, 2.75) is 12.2 Å². The van der Waals surface area contributed by atoms with E-state index in [2.05, 4.69) is 12.6 Å². The summed E-state index contributed by atoms with van der Waals surface area (Å²) in [6.07, 6.45) is 1.39. The first-order valence-corrected chi connectivity index (χ1v) is 5.20. The fourth-order valence-electron chi connectivity index (χ4n) is 1.65. The van der Waals surface area contributed by atoms with E-state index >= 15 is 0 Å². The van der Waals surface area contributed by atoms with Crippen molar-refractivity contribution in [2.75, 3.05) is 0 Å². The van der Waals surface area contributed by atoms with E-state index in [0.29, 0.717) is 16.7 Å². The monoisotopic (exact) mass is 218 g/mol. The Morgan fingerprint density at radius 1 is 1.13 bits per heavy atom. The Hall–Kier alpha value is -1.35. The molecule has 0 aliphatic heterocycles. The van der Waals surface area contributed by atoms with Gasteiger partial charge in [-0.1, -0.05) is 24.3 Å². The zero-order valence-corrected chi connectivity index (χ0v) is 9.12. The molecule has 1 aliphatic rings. The summed E-state index contributed by atoms with van der Waals surface area (Å²) in [6, 6.07) is 6.87. The summed E-state index contributed by atoms with van der Waals surface area (Å²) in [7, 11) is 0. The highest BCUT2D eigenvalue weighted by Crippen LogP contribution is 2.24. The second-order valence-electron chi connectivity index (χ2n) is 3.51. The number of thiol groups is 1. The summed E-state index contributed by atoms with van der Waals surface area (Å²) in [4.78, 5) is 23.6. The lowest BCUT2D eigenvalue weighted by atomic mass is 9.88. The first-order chi connectivity index (χ1) is 7.11. The summed E-state index contributed by atoms with van der Waals surface area (Å²) in [5.41, 5.74) is 1.45. The van der Waals surface area contributed by atoms with E-state index in [1.165, 1.54) is 6.08 Å². The summed E-state index contributed by atoms with van der Waals surface area (Å²) >= 11 is 4.19. The highest BCUT2D eigenvalue weighted by Gasteiger charge is 2.26. The second-order valence-corrected chi connectivity index (χ2v) is 4.29. The minimum absolute atomic E-state index is 0.0901. The first kappa shape index (κ1) is 10.2. The van der Waals surface area contributed by atoms with Crippen LogP contribution in [-0.2, 0) is 0 Å². The molecule has 0 amide bonds. The van der Waals surface area contributed by atoms with Crippen molar-refractivity contribution >= 4 is 24.2 Å². The van der Waals surface area contributed by atoms with Crippen LogP contribution in [0.25, 0.3) is 0 Å². The van der Waals surface area contributed by atoms with Crippen molar-refractivity contribution in [1.29, 1.82) is 0 Å². The molecule has 1 aromatic rings. The standard InChI is InChI=1S/C12H10O2S/c1-7(15)10-6-11(13)8-4-2-3-5-9(8)12(10)14/h2-7,15H,1H3. The topological polar surface area (TPSA) is 34.1 Å². The van der Waals surface area contributed by atoms with Gasteiger partial charge < -0.3 is 0 Å². The predicted octanol–water partition coefficient (Wildman–Crippen LogP) is 2.31. The first-order valence-electron chi connectivity index (χ1n) is 4.69. The van der Waals surface area contributed by atoms with Gasteiger partial charge in [-0.05, 0) is 13.0 Å². The van der Waals surface area contributed by atoms with E-state index in [0.717, 1.165) is 0 Å². The third-order valence-electron chi connectivity index (χ3n) is 2.44. The van der Waals surface area contributed by atoms with Crippen LogP contribution in [0.2, 0.25) is 0 Å². The Morgan fingerprint density at radius 2 is 1.73 bits per heavy atom. The molecule has 1 aliphatic carbocycles. The van der Waals surface area contributed by atoms with Gasteiger partial charge in [0.2, 0.25) is 0 Å². The molecule has 0 bridgehead atoms. The molecular formula is C12H10O2S. The van der Waals surface area contributed by atoms with Crippen molar-refractivity contribution in [3.63, 3.8) is 0 Å². The van der Waals surface area contributed by atoms with Crippen LogP contribution in [-0.4, -0.2) is 16.8 Å². The molecule has 0 radical (unpaired) electrons. The summed E-state index contributed by atoms with van der Waals surface area (Å²) in [5.74, 6) is -0.200. The Bertz CT molecular complexity index is 472. The van der Waals surface area contributed by atoms with E-state index in [1.54, 1.807) is 31.2 Å². The normalized spacial score (nSPS) is 17.1. The quantitative estimate of drug-likeness (QED) is 0.734. The molecule has 0 fully saturated rings. The Morgan fingerprint density at radius 3 is 2.33 bits per heavy atom. The molecular weight excluding hydrogens is 208 g/mol. The average molecular weight is 218 g/mol. The van der Waals surface area contributed by atoms with Gasteiger partial charge >= 0.3 is 0 Å². The van der Waals surface area contributed by atoms with Crippen molar-refractivity contribution in [2.24, 2.45) is 0 Å². The number of allylic oxidation sites excluding steroid dienone is 1. The van der Waals surface area contributed by atoms with Gasteiger partial charge in [-0.25, -0.2) is 0 Å². The summed E-state index contributed by atoms with van der Waals surface area (Å²) in [6.45, 7) is 1.79. The number of rotatable bonds is 1. The SMILES string of the molecule is CC(S)C1=CC(=O)c2ccccc2C1=O. The van der Waals surface area contributed by atoms with Crippen molar-refractivity contribution in [3.8, 4) is 0 Å². The molecule has 1 aromatic carbocycles. The molecule has 0 aromatic heterocycles. The second kappa shape index (κ2) is 3.66. The zero-order chi connectivity index (χ0) is 11.0. The molecule has 1 unspecified atom stereocenters. The van der Waals surface area contributed by atoms with Crippen LogP contribution >= 0.6 is 12.6 Å². The third kappa shape index (κ3) is 1.63. The molecule has 76 valence electrons. The van der Waals surface area contributed by atoms with Gasteiger partial charge in [-0.15, -0.1) is 0 Å². The summed E-state index contributed by atoms with van der Waals surface area (Å²) in [5, 5.41) is -0.213. The van der Waals surface area contributed by atoms with Gasteiger partial charge in [0.1, 0.15) is 0 Å². The number of carbonyl (C=O) groups is 2. The molecule has 2 rings (SSSR count). The Kier molecular flexibility index (Phi) is 2.49. The molecule has 0 heterocycles. The summed E-state index contributed by atoms with van der Waals surface area (Å²) < 4.78 is 0. The number of Topliss-reactive ketones (excluding diaryl/α,β-unsaturated/α-hetero) is 1. The van der Waals surface area contributed by atoms with Gasteiger partial charge in [0.25, 0.3) is 0 Å². The third-order valence-corrected chi connectivity index (χ3v) is 2.71. The fourth-order valence-corrected chi connectivity index (χ4v) is 1.84. The predicted molar refractivity (Wildman–Crippen MR) is 61.6 cm³/mol. The maximum Gasteiger partial charge on any atom is 0.190 e. The number of carbonyl (C=O) groups excluding carboxylic acids is 2. The van der Waals surface area contributed by atoms with E-state index in [4.69, 9.17) is 0 Å². The maximum absolute atomic E-state index is 11.9. The molecule has 0 saturated heterocycles. The van der Waals surface area contributed by atoms with Gasteiger partial charge in [0, 0.05) is 21.9 Å². The molecule has 3 heteroatoms. The molecule has 0 saturated carbocycles. The van der Waals surface area contributed by atoms with Crippen molar-refractivity contribution < 1.29 is 9.59 Å². The maximum atomic E-state index is 11.9. The van der Waals surface area contributed by atoms with Gasteiger partial charge in [-0.3, -0.25) is 9.59 Å². The van der Waals surface area contributed by atoms with Crippen molar-refractivity contribution in [3.05, 3.63) is 47.0 Å². The Labute approximate surface area is 93.4 Å². The lowest BCUT2D eigenvalue weighted by molar-refractivity contribution is 0.0982. The van der Waals surface area contributed by atoms with Gasteiger partial charge in [0.15, 0.2) is 11.6 Å². The molecule has 0 N–H and O–H groups in total. The van der Waals surface area contributed by atoms with Crippen molar-refractivity contribution in [1.82, 2.24) is 0 Å². The van der Waals surface area contributed by atoms with Crippen LogP contribution in [0.15, 0.2) is 35.9 Å². The largest absolute Gasteiger partial charge is 0.289 e. The molecule has 2 nitrogen and oxygen atoms in total.